The Balaban J connectivity index is 2.18. The summed E-state index contributed by atoms with van der Waals surface area (Å²) in [5.74, 6) is -0.0727. The summed E-state index contributed by atoms with van der Waals surface area (Å²) < 4.78 is 39.9. The van der Waals surface area contributed by atoms with E-state index < -0.39 is 24.5 Å². The highest BCUT2D eigenvalue weighted by atomic mass is 32.2. The molecular weight excluding hydrogens is 430 g/mol. The number of hydrogen-bond donors (Lipinski definition) is 2. The second-order valence-corrected chi connectivity index (χ2v) is 7.23. The van der Waals surface area contributed by atoms with Crippen LogP contribution in [-0.4, -0.2) is 50.7 Å². The number of amides is 2. The third-order valence-corrected chi connectivity index (χ3v) is 4.88. The first kappa shape index (κ1) is 24.3. The quantitative estimate of drug-likeness (QED) is 0.537. The van der Waals surface area contributed by atoms with Crippen LogP contribution in [0.3, 0.4) is 0 Å². The highest BCUT2D eigenvalue weighted by Crippen LogP contribution is 2.31. The molecule has 0 saturated carbocycles. The number of alkyl halides is 2. The zero-order valence-corrected chi connectivity index (χ0v) is 18.1. The fourth-order valence-electron chi connectivity index (χ4n) is 2.74. The molecule has 0 aliphatic rings. The molecule has 1 atom stereocenters. The predicted molar refractivity (Wildman–Crippen MR) is 116 cm³/mol. The molecule has 2 amide bonds. The van der Waals surface area contributed by atoms with Gasteiger partial charge in [-0.25, -0.2) is 0 Å². The van der Waals surface area contributed by atoms with E-state index in [0.717, 1.165) is 0 Å². The lowest BCUT2D eigenvalue weighted by molar-refractivity contribution is -0.118. The molecule has 168 valence electrons. The summed E-state index contributed by atoms with van der Waals surface area (Å²) in [5.41, 5.74) is 0.520. The Hall–Kier alpha value is -3.01. The number of carbonyl (C=O) groups is 2. The monoisotopic (exact) mass is 454 g/mol. The summed E-state index contributed by atoms with van der Waals surface area (Å²) in [5, 5.41) is 5.34. The first-order chi connectivity index (χ1) is 14.9. The zero-order valence-electron chi connectivity index (χ0n) is 17.3. The largest absolute Gasteiger partial charge is 0.496 e. The molecule has 2 rings (SSSR count). The summed E-state index contributed by atoms with van der Waals surface area (Å²) >= 11 is 1.52. The first-order valence-electron chi connectivity index (χ1n) is 9.26. The van der Waals surface area contributed by atoms with Gasteiger partial charge in [0.1, 0.15) is 11.8 Å². The van der Waals surface area contributed by atoms with Crippen LogP contribution in [0, 0.1) is 0 Å². The molecule has 0 radical (unpaired) electrons. The van der Waals surface area contributed by atoms with Gasteiger partial charge in [0, 0.05) is 11.8 Å². The number of carbonyl (C=O) groups excluding carboxylic acids is 2. The van der Waals surface area contributed by atoms with Crippen molar-refractivity contribution >= 4 is 29.3 Å². The number of methoxy groups -OCH3 is 2. The van der Waals surface area contributed by atoms with Crippen LogP contribution in [-0.2, 0) is 4.79 Å². The Morgan fingerprint density at radius 2 is 1.74 bits per heavy atom. The average molecular weight is 454 g/mol. The van der Waals surface area contributed by atoms with Crippen LogP contribution in [0.4, 0.5) is 14.5 Å². The van der Waals surface area contributed by atoms with Gasteiger partial charge in [-0.1, -0.05) is 12.1 Å². The molecule has 0 saturated heterocycles. The van der Waals surface area contributed by atoms with Crippen molar-refractivity contribution < 1.29 is 32.6 Å². The molecule has 0 spiro atoms. The van der Waals surface area contributed by atoms with E-state index in [1.807, 2.05) is 6.26 Å². The van der Waals surface area contributed by atoms with Crippen LogP contribution in [0.25, 0.3) is 0 Å². The Bertz CT molecular complexity index is 898. The Morgan fingerprint density at radius 1 is 1.03 bits per heavy atom. The number of rotatable bonds is 11. The van der Waals surface area contributed by atoms with E-state index in [2.05, 4.69) is 15.4 Å². The molecule has 0 bridgehead atoms. The minimum Gasteiger partial charge on any atom is -0.496 e. The van der Waals surface area contributed by atoms with Crippen molar-refractivity contribution in [3.05, 3.63) is 48.0 Å². The number of hydrogen-bond acceptors (Lipinski definition) is 6. The van der Waals surface area contributed by atoms with Crippen molar-refractivity contribution in [2.24, 2.45) is 0 Å². The van der Waals surface area contributed by atoms with Gasteiger partial charge < -0.3 is 24.8 Å². The van der Waals surface area contributed by atoms with E-state index in [1.54, 1.807) is 24.3 Å². The fraction of sp³-hybridized carbons (Fsp3) is 0.333. The van der Waals surface area contributed by atoms with Crippen LogP contribution >= 0.6 is 11.8 Å². The fourth-order valence-corrected chi connectivity index (χ4v) is 3.22. The summed E-state index contributed by atoms with van der Waals surface area (Å²) in [4.78, 5) is 25.6. The highest BCUT2D eigenvalue weighted by Gasteiger charge is 2.23. The highest BCUT2D eigenvalue weighted by molar-refractivity contribution is 7.98. The first-order valence-corrected chi connectivity index (χ1v) is 10.7. The molecule has 10 heteroatoms. The van der Waals surface area contributed by atoms with Crippen LogP contribution in [0.1, 0.15) is 16.8 Å². The molecule has 0 aliphatic carbocycles. The van der Waals surface area contributed by atoms with Crippen molar-refractivity contribution in [1.29, 1.82) is 0 Å². The Labute approximate surface area is 183 Å². The van der Waals surface area contributed by atoms with Crippen molar-refractivity contribution in [2.45, 2.75) is 19.1 Å². The number of thioether (sulfide) groups is 1. The number of para-hydroxylation sites is 1. The van der Waals surface area contributed by atoms with Crippen LogP contribution < -0.4 is 24.8 Å². The molecular formula is C21H24F2N2O5S. The van der Waals surface area contributed by atoms with E-state index in [0.29, 0.717) is 23.5 Å². The second kappa shape index (κ2) is 12.0. The standard InChI is InChI=1S/C21H24F2N2O5S/c1-28-16-7-5-4-6-14(16)19(26)25-15(10-11-31-3)20(27)24-13-8-9-17(29-2)18(12-13)30-21(22)23/h4-9,12,15,21H,10-11H2,1-3H3,(H,24,27)(H,25,26). The van der Waals surface area contributed by atoms with Gasteiger partial charge in [-0.15, -0.1) is 0 Å². The van der Waals surface area contributed by atoms with Crippen molar-refractivity contribution in [2.75, 3.05) is 31.5 Å². The third-order valence-electron chi connectivity index (χ3n) is 4.23. The van der Waals surface area contributed by atoms with Gasteiger partial charge in [0.15, 0.2) is 11.5 Å². The van der Waals surface area contributed by atoms with Crippen LogP contribution in [0.2, 0.25) is 0 Å². The molecule has 31 heavy (non-hydrogen) atoms. The maximum absolute atomic E-state index is 12.8. The molecule has 0 fully saturated rings. The Kier molecular flexibility index (Phi) is 9.39. The van der Waals surface area contributed by atoms with Gasteiger partial charge in [0.25, 0.3) is 5.91 Å². The Morgan fingerprint density at radius 3 is 2.39 bits per heavy atom. The molecule has 0 aliphatic heterocycles. The van der Waals surface area contributed by atoms with E-state index >= 15 is 0 Å². The topological polar surface area (TPSA) is 85.9 Å². The van der Waals surface area contributed by atoms with Gasteiger partial charge in [0.05, 0.1) is 19.8 Å². The molecule has 1 unspecified atom stereocenters. The average Bonchev–Trinajstić information content (AvgIpc) is 2.76. The number of anilines is 1. The lowest BCUT2D eigenvalue weighted by atomic mass is 10.1. The number of nitrogens with one attached hydrogen (secondary N) is 2. The SMILES string of the molecule is COc1ccc(NC(=O)C(CCSC)NC(=O)c2ccccc2OC)cc1OC(F)F. The molecule has 0 heterocycles. The van der Waals surface area contributed by atoms with Gasteiger partial charge in [-0.05, 0) is 42.7 Å². The van der Waals surface area contributed by atoms with Crippen LogP contribution in [0.15, 0.2) is 42.5 Å². The third kappa shape index (κ3) is 7.02. The smallest absolute Gasteiger partial charge is 0.387 e. The zero-order chi connectivity index (χ0) is 22.8. The van der Waals surface area contributed by atoms with Gasteiger partial charge in [0.2, 0.25) is 5.91 Å². The minimum atomic E-state index is -3.05. The summed E-state index contributed by atoms with van der Waals surface area (Å²) in [6.07, 6.45) is 2.25. The number of benzene rings is 2. The summed E-state index contributed by atoms with van der Waals surface area (Å²) in [6, 6.07) is 9.93. The van der Waals surface area contributed by atoms with E-state index in [-0.39, 0.29) is 17.2 Å². The molecule has 7 nitrogen and oxygen atoms in total. The molecule has 2 aromatic rings. The minimum absolute atomic E-state index is 0.0988. The lowest BCUT2D eigenvalue weighted by Crippen LogP contribution is -2.44. The van der Waals surface area contributed by atoms with Crippen LogP contribution in [0.5, 0.6) is 17.2 Å². The molecule has 2 aromatic carbocycles. The maximum atomic E-state index is 12.8. The summed E-state index contributed by atoms with van der Waals surface area (Å²) in [6.45, 7) is -3.05. The van der Waals surface area contributed by atoms with Crippen molar-refractivity contribution in [1.82, 2.24) is 5.32 Å². The van der Waals surface area contributed by atoms with E-state index in [1.165, 1.54) is 44.2 Å². The van der Waals surface area contributed by atoms with Gasteiger partial charge >= 0.3 is 6.61 Å². The molecule has 2 N–H and O–H groups in total. The van der Waals surface area contributed by atoms with Crippen molar-refractivity contribution in [3.8, 4) is 17.2 Å². The van der Waals surface area contributed by atoms with Crippen molar-refractivity contribution in [3.63, 3.8) is 0 Å². The second-order valence-electron chi connectivity index (χ2n) is 6.24. The maximum Gasteiger partial charge on any atom is 0.387 e. The summed E-state index contributed by atoms with van der Waals surface area (Å²) in [7, 11) is 2.77. The van der Waals surface area contributed by atoms with E-state index in [9.17, 15) is 18.4 Å². The predicted octanol–water partition coefficient (Wildman–Crippen LogP) is 3.80. The normalized spacial score (nSPS) is 11.5. The number of ether oxygens (including phenoxy) is 3. The number of halogens is 2. The van der Waals surface area contributed by atoms with E-state index in [4.69, 9.17) is 9.47 Å². The lowest BCUT2D eigenvalue weighted by Gasteiger charge is -2.19. The van der Waals surface area contributed by atoms with Gasteiger partial charge in [-0.2, -0.15) is 20.5 Å². The van der Waals surface area contributed by atoms with Gasteiger partial charge in [-0.3, -0.25) is 9.59 Å². The molecule has 0 aromatic heterocycles.